The summed E-state index contributed by atoms with van der Waals surface area (Å²) in [7, 11) is 1.81. The number of ether oxygens (including phenoxy) is 1. The molecule has 0 aliphatic rings. The second-order valence-electron chi connectivity index (χ2n) is 9.29. The third-order valence-corrected chi connectivity index (χ3v) is 9.81. The zero-order valence-electron chi connectivity index (χ0n) is 20.1. The number of carbonyl (C=O) groups excluding carboxylic acids is 2. The van der Waals surface area contributed by atoms with Crippen molar-refractivity contribution in [3.8, 4) is 5.75 Å². The first-order valence-electron chi connectivity index (χ1n) is 11.3. The van der Waals surface area contributed by atoms with Crippen molar-refractivity contribution in [2.75, 3.05) is 6.61 Å². The van der Waals surface area contributed by atoms with Crippen LogP contribution < -0.4 is 14.4 Å². The van der Waals surface area contributed by atoms with Gasteiger partial charge in [-0.05, 0) is 6.92 Å². The van der Waals surface area contributed by atoms with E-state index in [0.29, 0.717) is 6.61 Å². The fourth-order valence-corrected chi connectivity index (χ4v) is 6.11. The van der Waals surface area contributed by atoms with Crippen molar-refractivity contribution in [3.63, 3.8) is 0 Å². The Labute approximate surface area is 198 Å². The summed E-state index contributed by atoms with van der Waals surface area (Å²) in [5.74, 6) is 7.51. The van der Waals surface area contributed by atoms with E-state index in [0.717, 1.165) is 22.4 Å². The van der Waals surface area contributed by atoms with Gasteiger partial charge in [0, 0.05) is 7.05 Å². The molecule has 0 fully saturated rings. The number of nitrogens with zero attached hydrogens (tertiary/aromatic N) is 2. The molecule has 1 aromatic heterocycles. The number of hydrogen-bond acceptors (Lipinski definition) is 4. The number of benzene rings is 2. The summed E-state index contributed by atoms with van der Waals surface area (Å²) in [6.07, 6.45) is 3.88. The van der Waals surface area contributed by atoms with Crippen LogP contribution in [0.1, 0.15) is 29.7 Å². The van der Waals surface area contributed by atoms with Crippen LogP contribution in [-0.4, -0.2) is 41.3 Å². The predicted octanol–water partition coefficient (Wildman–Crippen LogP) is 3.58. The number of amides is 1. The Morgan fingerprint density at radius 1 is 1.00 bits per heavy atom. The van der Waals surface area contributed by atoms with Crippen LogP contribution in [0.4, 0.5) is 0 Å². The molecular weight excluding hydrogens is 475 g/mol. The van der Waals surface area contributed by atoms with Gasteiger partial charge in [-0.1, -0.05) is 0 Å². The zero-order valence-corrected chi connectivity index (χ0v) is 22.2. The number of ketones is 1. The Morgan fingerprint density at radius 2 is 1.67 bits per heavy atom. The van der Waals surface area contributed by atoms with Gasteiger partial charge in [0.2, 0.25) is 0 Å². The average molecular weight is 508 g/mol. The summed E-state index contributed by atoms with van der Waals surface area (Å²) >= 11 is -1.91. The summed E-state index contributed by atoms with van der Waals surface area (Å²) in [6, 6.07) is 15.0. The van der Waals surface area contributed by atoms with E-state index in [1.165, 1.54) is 4.40 Å². The van der Waals surface area contributed by atoms with E-state index in [-0.39, 0.29) is 24.5 Å². The van der Waals surface area contributed by atoms with Crippen molar-refractivity contribution in [1.29, 1.82) is 0 Å². The van der Waals surface area contributed by atoms with Crippen LogP contribution in [-0.2, 0) is 29.5 Å². The van der Waals surface area contributed by atoms with E-state index in [1.807, 2.05) is 50.4 Å². The van der Waals surface area contributed by atoms with Gasteiger partial charge in [-0.2, -0.15) is 5.10 Å². The SMILES string of the molecule is CCOc1ccc(C(NC(=O)Cc2cnn(C)c2)C(=O)Cc2cc[c]([Ge]([CH3])([CH3])[CH3])cc2)cc1. The van der Waals surface area contributed by atoms with Gasteiger partial charge in [-0.25, -0.2) is 0 Å². The summed E-state index contributed by atoms with van der Waals surface area (Å²) in [5, 5.41) is 7.05. The zero-order chi connectivity index (χ0) is 24.0. The van der Waals surface area contributed by atoms with Gasteiger partial charge in [-0.3, -0.25) is 4.68 Å². The van der Waals surface area contributed by atoms with Gasteiger partial charge < -0.3 is 0 Å². The first-order valence-corrected chi connectivity index (χ1v) is 18.6. The first-order chi connectivity index (χ1) is 15.7. The predicted molar refractivity (Wildman–Crippen MR) is 134 cm³/mol. The number of carbonyl (C=O) groups is 2. The van der Waals surface area contributed by atoms with Crippen LogP contribution in [0, 0.1) is 0 Å². The minimum absolute atomic E-state index is 0.0521. The Morgan fingerprint density at radius 3 is 2.21 bits per heavy atom. The standard InChI is InChI=1S/C26H33GeN3O3/c1-6-33-23-13-9-21(10-14-23)26(29-25(32)16-20-17-28-30(5)18-20)24(31)15-19-7-11-22(12-8-19)27(2,3)4/h7-14,17-18,26H,6,15-16H2,1-5H3,(H,29,32). The van der Waals surface area contributed by atoms with Crippen molar-refractivity contribution in [2.45, 2.75) is 43.1 Å². The van der Waals surface area contributed by atoms with Gasteiger partial charge in [0.05, 0.1) is 6.61 Å². The van der Waals surface area contributed by atoms with Crippen LogP contribution >= 0.6 is 0 Å². The maximum atomic E-state index is 13.3. The topological polar surface area (TPSA) is 73.2 Å². The molecule has 2 aromatic carbocycles. The molecule has 1 amide bonds. The van der Waals surface area contributed by atoms with E-state index < -0.39 is 19.3 Å². The molecule has 1 heterocycles. The van der Waals surface area contributed by atoms with Crippen LogP contribution in [0.5, 0.6) is 5.75 Å². The molecule has 33 heavy (non-hydrogen) atoms. The third-order valence-electron chi connectivity index (χ3n) is 5.47. The minimum atomic E-state index is -1.91. The third kappa shape index (κ3) is 7.06. The molecule has 1 unspecified atom stereocenters. The van der Waals surface area contributed by atoms with Crippen LogP contribution in [0.3, 0.4) is 0 Å². The average Bonchev–Trinajstić information content (AvgIpc) is 3.17. The van der Waals surface area contributed by atoms with E-state index in [4.69, 9.17) is 4.74 Å². The fourth-order valence-electron chi connectivity index (χ4n) is 3.66. The van der Waals surface area contributed by atoms with Crippen molar-refractivity contribution in [1.82, 2.24) is 15.1 Å². The van der Waals surface area contributed by atoms with Gasteiger partial charge in [0.25, 0.3) is 0 Å². The molecular formula is C26H33GeN3O3. The number of Topliss-reactive ketones (excluding diaryl/α,β-unsaturated/α-hetero) is 1. The summed E-state index contributed by atoms with van der Waals surface area (Å²) in [4.78, 5) is 26.1. The molecule has 6 nitrogen and oxygen atoms in total. The molecule has 0 aliphatic heterocycles. The molecule has 1 N–H and O–H groups in total. The molecule has 7 heteroatoms. The Balaban J connectivity index is 1.79. The van der Waals surface area contributed by atoms with Gasteiger partial charge in [-0.15, -0.1) is 0 Å². The van der Waals surface area contributed by atoms with E-state index in [1.54, 1.807) is 17.1 Å². The molecule has 0 saturated heterocycles. The molecule has 0 radical (unpaired) electrons. The normalized spacial score (nSPS) is 12.3. The second kappa shape index (κ2) is 10.8. The Hall–Kier alpha value is -2.87. The van der Waals surface area contributed by atoms with Crippen molar-refractivity contribution in [3.05, 3.63) is 77.6 Å². The number of nitrogens with one attached hydrogen (secondary N) is 1. The molecule has 3 rings (SSSR count). The Bertz CT molecular complexity index is 1080. The van der Waals surface area contributed by atoms with E-state index in [9.17, 15) is 9.59 Å². The number of aromatic nitrogens is 2. The number of hydrogen-bond donors (Lipinski definition) is 1. The maximum absolute atomic E-state index is 13.3. The van der Waals surface area contributed by atoms with Crippen LogP contribution in [0.15, 0.2) is 60.9 Å². The number of rotatable bonds is 10. The molecule has 1 atom stereocenters. The van der Waals surface area contributed by atoms with Crippen LogP contribution in [0.2, 0.25) is 17.3 Å². The number of aryl methyl sites for hydroxylation is 1. The molecule has 174 valence electrons. The van der Waals surface area contributed by atoms with Gasteiger partial charge in [0.1, 0.15) is 0 Å². The van der Waals surface area contributed by atoms with Gasteiger partial charge in [0.15, 0.2) is 0 Å². The van der Waals surface area contributed by atoms with Crippen molar-refractivity contribution >= 4 is 29.4 Å². The van der Waals surface area contributed by atoms with Crippen molar-refractivity contribution < 1.29 is 14.3 Å². The van der Waals surface area contributed by atoms with E-state index >= 15 is 0 Å². The monoisotopic (exact) mass is 509 g/mol. The molecule has 0 spiro atoms. The quantitative estimate of drug-likeness (QED) is 0.426. The first kappa shape index (κ1) is 24.8. The second-order valence-corrected chi connectivity index (χ2v) is 19.9. The summed E-state index contributed by atoms with van der Waals surface area (Å²) in [6.45, 7) is 2.49. The van der Waals surface area contributed by atoms with Crippen LogP contribution in [0.25, 0.3) is 0 Å². The van der Waals surface area contributed by atoms with Crippen molar-refractivity contribution in [2.24, 2.45) is 7.05 Å². The summed E-state index contributed by atoms with van der Waals surface area (Å²) < 4.78 is 8.58. The Kier molecular flexibility index (Phi) is 8.13. The molecule has 0 bridgehead atoms. The molecule has 0 saturated carbocycles. The fraction of sp³-hybridized carbons (Fsp3) is 0.346. The molecule has 3 aromatic rings. The molecule has 0 aliphatic carbocycles. The van der Waals surface area contributed by atoms with Gasteiger partial charge >= 0.3 is 169 Å². The van der Waals surface area contributed by atoms with E-state index in [2.05, 4.69) is 39.8 Å². The summed E-state index contributed by atoms with van der Waals surface area (Å²) in [5.41, 5.74) is 2.49.